The molecule has 2 atom stereocenters. The molecule has 21 heavy (non-hydrogen) atoms. The Hall–Kier alpha value is -2.04. The molecular formula is C16H21NO4. The van der Waals surface area contributed by atoms with Crippen LogP contribution in [0, 0.1) is 12.8 Å². The number of rotatable bonds is 5. The van der Waals surface area contributed by atoms with Crippen LogP contribution in [0.3, 0.4) is 0 Å². The van der Waals surface area contributed by atoms with Crippen molar-refractivity contribution in [3.05, 3.63) is 29.3 Å². The number of amides is 1. The smallest absolute Gasteiger partial charge is 0.308 e. The average Bonchev–Trinajstić information content (AvgIpc) is 2.87. The fourth-order valence-corrected chi connectivity index (χ4v) is 2.90. The Morgan fingerprint density at radius 2 is 2.14 bits per heavy atom. The molecule has 1 aliphatic rings. The van der Waals surface area contributed by atoms with Gasteiger partial charge in [-0.05, 0) is 25.8 Å². The van der Waals surface area contributed by atoms with E-state index in [9.17, 15) is 9.59 Å². The quantitative estimate of drug-likeness (QED) is 0.869. The molecule has 1 saturated carbocycles. The molecule has 0 heterocycles. The molecule has 1 aliphatic carbocycles. The number of aryl methyl sites for hydroxylation is 1. The summed E-state index contributed by atoms with van der Waals surface area (Å²) < 4.78 is 5.26. The molecule has 0 aromatic heterocycles. The van der Waals surface area contributed by atoms with Crippen LogP contribution in [0.5, 0.6) is 5.75 Å². The number of ether oxygens (including phenoxy) is 1. The van der Waals surface area contributed by atoms with E-state index in [-0.39, 0.29) is 18.4 Å². The second kappa shape index (κ2) is 6.61. The molecule has 2 rings (SSSR count). The summed E-state index contributed by atoms with van der Waals surface area (Å²) in [5, 5.41) is 12.0. The molecular weight excluding hydrogens is 270 g/mol. The van der Waals surface area contributed by atoms with Crippen LogP contribution in [0.2, 0.25) is 0 Å². The lowest BCUT2D eigenvalue weighted by atomic mass is 10.0. The van der Waals surface area contributed by atoms with Gasteiger partial charge >= 0.3 is 5.97 Å². The zero-order valence-corrected chi connectivity index (χ0v) is 12.4. The van der Waals surface area contributed by atoms with Crippen LogP contribution in [0.25, 0.3) is 0 Å². The van der Waals surface area contributed by atoms with Gasteiger partial charge in [-0.3, -0.25) is 9.59 Å². The van der Waals surface area contributed by atoms with Crippen LogP contribution >= 0.6 is 0 Å². The van der Waals surface area contributed by atoms with Crippen LogP contribution in [-0.4, -0.2) is 30.1 Å². The van der Waals surface area contributed by atoms with Crippen LogP contribution in [-0.2, 0) is 16.0 Å². The first kappa shape index (κ1) is 15.4. The van der Waals surface area contributed by atoms with Crippen molar-refractivity contribution in [2.24, 2.45) is 5.92 Å². The third-order valence-corrected chi connectivity index (χ3v) is 3.97. The SMILES string of the molecule is COc1ccc(C)cc1CC(=O)N[C@@H]1CCC[C@@H]1C(=O)O. The van der Waals surface area contributed by atoms with E-state index in [1.807, 2.05) is 25.1 Å². The van der Waals surface area contributed by atoms with Gasteiger partial charge < -0.3 is 15.2 Å². The molecule has 2 N–H and O–H groups in total. The van der Waals surface area contributed by atoms with E-state index in [4.69, 9.17) is 9.84 Å². The first-order valence-corrected chi connectivity index (χ1v) is 7.17. The molecule has 5 heteroatoms. The van der Waals surface area contributed by atoms with Crippen molar-refractivity contribution in [3.8, 4) is 5.75 Å². The first-order chi connectivity index (χ1) is 10.0. The molecule has 1 aromatic rings. The van der Waals surface area contributed by atoms with Gasteiger partial charge in [-0.2, -0.15) is 0 Å². The van der Waals surface area contributed by atoms with Gasteiger partial charge in [-0.25, -0.2) is 0 Å². The molecule has 5 nitrogen and oxygen atoms in total. The Labute approximate surface area is 124 Å². The van der Waals surface area contributed by atoms with E-state index < -0.39 is 11.9 Å². The summed E-state index contributed by atoms with van der Waals surface area (Å²) in [6, 6.07) is 5.43. The fourth-order valence-electron chi connectivity index (χ4n) is 2.90. The zero-order chi connectivity index (χ0) is 15.4. The lowest BCUT2D eigenvalue weighted by Crippen LogP contribution is -2.40. The summed E-state index contributed by atoms with van der Waals surface area (Å²) in [7, 11) is 1.57. The van der Waals surface area contributed by atoms with E-state index in [1.165, 1.54) is 0 Å². The summed E-state index contributed by atoms with van der Waals surface area (Å²) in [6.45, 7) is 1.96. The molecule has 0 radical (unpaired) electrons. The highest BCUT2D eigenvalue weighted by atomic mass is 16.5. The second-order valence-electron chi connectivity index (χ2n) is 5.54. The Morgan fingerprint density at radius 1 is 1.38 bits per heavy atom. The van der Waals surface area contributed by atoms with Crippen LogP contribution in [0.1, 0.15) is 30.4 Å². The predicted molar refractivity (Wildman–Crippen MR) is 78.3 cm³/mol. The van der Waals surface area contributed by atoms with Crippen molar-refractivity contribution in [1.82, 2.24) is 5.32 Å². The van der Waals surface area contributed by atoms with Crippen LogP contribution < -0.4 is 10.1 Å². The largest absolute Gasteiger partial charge is 0.496 e. The van der Waals surface area contributed by atoms with Gasteiger partial charge in [0.15, 0.2) is 0 Å². The van der Waals surface area contributed by atoms with Gasteiger partial charge in [0.2, 0.25) is 5.91 Å². The number of aliphatic carboxylic acids is 1. The lowest BCUT2D eigenvalue weighted by Gasteiger charge is -2.18. The van der Waals surface area contributed by atoms with Gasteiger partial charge in [0, 0.05) is 11.6 Å². The number of carbonyl (C=O) groups is 2. The maximum absolute atomic E-state index is 12.2. The van der Waals surface area contributed by atoms with Crippen molar-refractivity contribution in [1.29, 1.82) is 0 Å². The van der Waals surface area contributed by atoms with Crippen molar-refractivity contribution in [2.45, 2.75) is 38.6 Å². The van der Waals surface area contributed by atoms with Gasteiger partial charge in [0.1, 0.15) is 5.75 Å². The number of methoxy groups -OCH3 is 1. The van der Waals surface area contributed by atoms with E-state index in [2.05, 4.69) is 5.32 Å². The van der Waals surface area contributed by atoms with E-state index in [1.54, 1.807) is 7.11 Å². The highest BCUT2D eigenvalue weighted by molar-refractivity contribution is 5.81. The third-order valence-electron chi connectivity index (χ3n) is 3.97. The van der Waals surface area contributed by atoms with Gasteiger partial charge in [0.25, 0.3) is 0 Å². The van der Waals surface area contributed by atoms with E-state index in [0.29, 0.717) is 12.2 Å². The molecule has 114 valence electrons. The second-order valence-corrected chi connectivity index (χ2v) is 5.54. The highest BCUT2D eigenvalue weighted by Gasteiger charge is 2.33. The summed E-state index contributed by atoms with van der Waals surface area (Å²) in [5.74, 6) is -0.770. The van der Waals surface area contributed by atoms with E-state index in [0.717, 1.165) is 24.0 Å². The van der Waals surface area contributed by atoms with Gasteiger partial charge in [-0.1, -0.05) is 24.1 Å². The normalized spacial score (nSPS) is 21.0. The van der Waals surface area contributed by atoms with Crippen molar-refractivity contribution < 1.29 is 19.4 Å². The fraction of sp³-hybridized carbons (Fsp3) is 0.500. The summed E-state index contributed by atoms with van der Waals surface area (Å²) in [5.41, 5.74) is 1.88. The van der Waals surface area contributed by atoms with Crippen molar-refractivity contribution in [3.63, 3.8) is 0 Å². The first-order valence-electron chi connectivity index (χ1n) is 7.17. The van der Waals surface area contributed by atoms with Gasteiger partial charge in [-0.15, -0.1) is 0 Å². The maximum atomic E-state index is 12.2. The summed E-state index contributed by atoms with van der Waals surface area (Å²) in [6.07, 6.45) is 2.41. The number of carbonyl (C=O) groups excluding carboxylic acids is 1. The maximum Gasteiger partial charge on any atom is 0.308 e. The van der Waals surface area contributed by atoms with Crippen LogP contribution in [0.15, 0.2) is 18.2 Å². The number of hydrogen-bond donors (Lipinski definition) is 2. The number of nitrogens with one attached hydrogen (secondary N) is 1. The van der Waals surface area contributed by atoms with Crippen molar-refractivity contribution >= 4 is 11.9 Å². The molecule has 0 aliphatic heterocycles. The number of carboxylic acid groups (broad SMARTS) is 1. The number of carboxylic acids is 1. The standard InChI is InChI=1S/C16H21NO4/c1-10-6-7-14(21-2)11(8-10)9-15(18)17-13-5-3-4-12(13)16(19)20/h6-8,12-13H,3-5,9H2,1-2H3,(H,17,18)(H,19,20)/t12-,13+/m0/s1. The van der Waals surface area contributed by atoms with Crippen molar-refractivity contribution in [2.75, 3.05) is 7.11 Å². The Morgan fingerprint density at radius 3 is 2.81 bits per heavy atom. The van der Waals surface area contributed by atoms with E-state index >= 15 is 0 Å². The summed E-state index contributed by atoms with van der Waals surface area (Å²) >= 11 is 0. The molecule has 1 aromatic carbocycles. The Balaban J connectivity index is 2.02. The van der Waals surface area contributed by atoms with Gasteiger partial charge in [0.05, 0.1) is 19.4 Å². The minimum absolute atomic E-state index is 0.156. The number of hydrogen-bond acceptors (Lipinski definition) is 3. The lowest BCUT2D eigenvalue weighted by molar-refractivity contribution is -0.142. The monoisotopic (exact) mass is 291 g/mol. The molecule has 0 spiro atoms. The molecule has 0 saturated heterocycles. The summed E-state index contributed by atoms with van der Waals surface area (Å²) in [4.78, 5) is 23.3. The number of benzene rings is 1. The molecule has 0 bridgehead atoms. The Kier molecular flexibility index (Phi) is 4.83. The zero-order valence-electron chi connectivity index (χ0n) is 12.4. The molecule has 1 fully saturated rings. The minimum atomic E-state index is -0.828. The highest BCUT2D eigenvalue weighted by Crippen LogP contribution is 2.26. The third kappa shape index (κ3) is 3.74. The minimum Gasteiger partial charge on any atom is -0.496 e. The molecule has 0 unspecified atom stereocenters. The van der Waals surface area contributed by atoms with Crippen LogP contribution in [0.4, 0.5) is 0 Å². The molecule has 1 amide bonds. The Bertz CT molecular complexity index is 541. The average molecular weight is 291 g/mol. The predicted octanol–water partition coefficient (Wildman–Crippen LogP) is 1.92. The topological polar surface area (TPSA) is 75.6 Å².